The van der Waals surface area contributed by atoms with Crippen molar-refractivity contribution in [1.82, 2.24) is 0 Å². The lowest BCUT2D eigenvalue weighted by atomic mass is 9.99. The number of rotatable bonds is 9. The van der Waals surface area contributed by atoms with Crippen molar-refractivity contribution in [2.45, 2.75) is 51.3 Å². The Kier molecular flexibility index (Phi) is 7.55. The lowest BCUT2D eigenvalue weighted by Crippen LogP contribution is -2.26. The number of benzene rings is 2. The smallest absolute Gasteiger partial charge is 0.288 e. The molecular formula is C22H27ClO2P+. The van der Waals surface area contributed by atoms with Crippen LogP contribution in [0.5, 0.6) is 0 Å². The normalized spacial score (nSPS) is 13.9. The van der Waals surface area contributed by atoms with Crippen molar-refractivity contribution in [3.05, 3.63) is 65.2 Å². The van der Waals surface area contributed by atoms with E-state index in [4.69, 9.17) is 11.6 Å². The Balaban J connectivity index is 2.32. The maximum absolute atomic E-state index is 13.1. The average Bonchev–Trinajstić information content (AvgIpc) is 2.66. The molecule has 26 heavy (non-hydrogen) atoms. The van der Waals surface area contributed by atoms with Crippen LogP contribution < -0.4 is 5.30 Å². The molecule has 2 rings (SSSR count). The molecule has 0 amide bonds. The maximum atomic E-state index is 13.1. The first-order chi connectivity index (χ1) is 12.4. The summed E-state index contributed by atoms with van der Waals surface area (Å²) in [6.07, 6.45) is 4.09. The molecule has 0 saturated carbocycles. The number of halogens is 1. The van der Waals surface area contributed by atoms with E-state index in [1.54, 1.807) is 12.1 Å². The number of carbonyl (C=O) groups excluding carboxylic acids is 1. The van der Waals surface area contributed by atoms with E-state index in [0.717, 1.165) is 31.2 Å². The van der Waals surface area contributed by atoms with Gasteiger partial charge in [0.2, 0.25) is 5.30 Å². The van der Waals surface area contributed by atoms with Crippen molar-refractivity contribution in [1.29, 1.82) is 0 Å². The van der Waals surface area contributed by atoms with Gasteiger partial charge >= 0.3 is 7.80 Å². The first-order valence-electron chi connectivity index (χ1n) is 9.25. The Labute approximate surface area is 162 Å². The van der Waals surface area contributed by atoms with E-state index in [1.807, 2.05) is 50.2 Å². The molecule has 2 atom stereocenters. The van der Waals surface area contributed by atoms with Crippen molar-refractivity contribution in [3.63, 3.8) is 0 Å². The Morgan fingerprint density at radius 2 is 1.65 bits per heavy atom. The predicted molar refractivity (Wildman–Crippen MR) is 112 cm³/mol. The van der Waals surface area contributed by atoms with E-state index in [-0.39, 0.29) is 5.78 Å². The van der Waals surface area contributed by atoms with E-state index in [0.29, 0.717) is 22.6 Å². The van der Waals surface area contributed by atoms with Crippen LogP contribution in [-0.4, -0.2) is 16.8 Å². The SMILES string of the molecule is CCCCC(Cl)(CC)C[P+](=O)c1ccccc1C(=O)c1ccccc1C. The highest BCUT2D eigenvalue weighted by molar-refractivity contribution is 7.54. The molecule has 0 aromatic heterocycles. The summed E-state index contributed by atoms with van der Waals surface area (Å²) < 4.78 is 13.1. The van der Waals surface area contributed by atoms with E-state index in [2.05, 4.69) is 6.92 Å². The zero-order valence-corrected chi connectivity index (χ0v) is 17.4. The molecule has 0 N–H and O–H groups in total. The first-order valence-corrected chi connectivity index (χ1v) is 11.1. The molecular weight excluding hydrogens is 363 g/mol. The summed E-state index contributed by atoms with van der Waals surface area (Å²) in [6.45, 7) is 6.08. The van der Waals surface area contributed by atoms with E-state index in [9.17, 15) is 9.36 Å². The van der Waals surface area contributed by atoms with Gasteiger partial charge in [0.1, 0.15) is 0 Å². The number of hydrogen-bond acceptors (Lipinski definition) is 2. The standard InChI is InChI=1S/C22H27ClO2P/c1-4-6-15-22(23,5-2)16-26(25)20-14-10-9-13-19(20)21(24)18-12-8-7-11-17(18)3/h7-14H,4-6,15-16H2,1-3H3/q+1. The van der Waals surface area contributed by atoms with Gasteiger partial charge in [0.25, 0.3) is 0 Å². The largest absolute Gasteiger partial charge is 0.379 e. The van der Waals surface area contributed by atoms with Gasteiger partial charge < -0.3 is 0 Å². The highest BCUT2D eigenvalue weighted by Gasteiger charge is 2.38. The molecule has 2 unspecified atom stereocenters. The van der Waals surface area contributed by atoms with Gasteiger partial charge in [-0.25, -0.2) is 0 Å². The van der Waals surface area contributed by atoms with Gasteiger partial charge in [-0.05, 0) is 37.5 Å². The third kappa shape index (κ3) is 5.02. The summed E-state index contributed by atoms with van der Waals surface area (Å²) in [6, 6.07) is 14.7. The van der Waals surface area contributed by atoms with Gasteiger partial charge in [-0.1, -0.05) is 67.7 Å². The molecule has 0 fully saturated rings. The van der Waals surface area contributed by atoms with Crippen LogP contribution in [0.2, 0.25) is 0 Å². The second-order valence-electron chi connectivity index (χ2n) is 6.81. The Morgan fingerprint density at radius 3 is 2.27 bits per heavy atom. The lowest BCUT2D eigenvalue weighted by molar-refractivity contribution is 0.103. The van der Waals surface area contributed by atoms with Crippen molar-refractivity contribution in [2.75, 3.05) is 6.16 Å². The van der Waals surface area contributed by atoms with Crippen molar-refractivity contribution in [2.24, 2.45) is 0 Å². The van der Waals surface area contributed by atoms with Gasteiger partial charge in [-0.15, -0.1) is 11.6 Å². The first kappa shape index (κ1) is 20.8. The average molecular weight is 390 g/mol. The molecule has 0 heterocycles. The van der Waals surface area contributed by atoms with Gasteiger partial charge in [0.15, 0.2) is 11.9 Å². The Bertz CT molecular complexity index is 787. The maximum Gasteiger partial charge on any atom is 0.379 e. The predicted octanol–water partition coefficient (Wildman–Crippen LogP) is 6.26. The van der Waals surface area contributed by atoms with Crippen LogP contribution in [0.15, 0.2) is 48.5 Å². The van der Waals surface area contributed by atoms with Crippen LogP contribution in [0.3, 0.4) is 0 Å². The van der Waals surface area contributed by atoms with E-state index >= 15 is 0 Å². The molecule has 0 aliphatic heterocycles. The van der Waals surface area contributed by atoms with Gasteiger partial charge in [0.05, 0.1) is 10.4 Å². The number of carbonyl (C=O) groups is 1. The third-order valence-corrected chi connectivity index (χ3v) is 7.44. The minimum Gasteiger partial charge on any atom is -0.288 e. The van der Waals surface area contributed by atoms with Gasteiger partial charge in [0, 0.05) is 5.56 Å². The molecule has 0 spiro atoms. The fourth-order valence-corrected chi connectivity index (χ4v) is 5.28. The lowest BCUT2D eigenvalue weighted by Gasteiger charge is -2.20. The Morgan fingerprint density at radius 1 is 1.04 bits per heavy atom. The highest BCUT2D eigenvalue weighted by Crippen LogP contribution is 2.37. The van der Waals surface area contributed by atoms with E-state index in [1.165, 1.54) is 0 Å². The van der Waals surface area contributed by atoms with Crippen LogP contribution in [-0.2, 0) is 4.57 Å². The fraction of sp³-hybridized carbons (Fsp3) is 0.409. The summed E-state index contributed by atoms with van der Waals surface area (Å²) in [5.41, 5.74) is 2.10. The zero-order chi connectivity index (χ0) is 19.2. The minimum absolute atomic E-state index is 0.0766. The molecule has 4 heteroatoms. The van der Waals surface area contributed by atoms with Gasteiger partial charge in [-0.2, -0.15) is 0 Å². The number of aryl methyl sites for hydroxylation is 1. The second-order valence-corrected chi connectivity index (χ2v) is 9.16. The second kappa shape index (κ2) is 9.44. The Hall–Kier alpha value is -1.50. The third-order valence-electron chi connectivity index (χ3n) is 4.85. The molecule has 0 saturated heterocycles. The van der Waals surface area contributed by atoms with Crippen LogP contribution in [0.4, 0.5) is 0 Å². The number of unbranched alkanes of at least 4 members (excludes halogenated alkanes) is 1. The van der Waals surface area contributed by atoms with Crippen molar-refractivity contribution in [3.8, 4) is 0 Å². The number of hydrogen-bond donors (Lipinski definition) is 0. The molecule has 138 valence electrons. The van der Waals surface area contributed by atoms with Crippen molar-refractivity contribution >= 4 is 30.5 Å². The van der Waals surface area contributed by atoms with Crippen molar-refractivity contribution < 1.29 is 9.36 Å². The highest BCUT2D eigenvalue weighted by atomic mass is 35.5. The molecule has 0 aliphatic rings. The van der Waals surface area contributed by atoms with Gasteiger partial charge in [-0.3, -0.25) is 4.79 Å². The summed E-state index contributed by atoms with van der Waals surface area (Å²) >= 11 is 6.75. The zero-order valence-electron chi connectivity index (χ0n) is 15.8. The van der Waals surface area contributed by atoms with Crippen LogP contribution in [0, 0.1) is 6.92 Å². The molecule has 0 bridgehead atoms. The van der Waals surface area contributed by atoms with Crippen LogP contribution in [0.25, 0.3) is 0 Å². The monoisotopic (exact) mass is 389 g/mol. The molecule has 0 radical (unpaired) electrons. The number of alkyl halides is 1. The van der Waals surface area contributed by atoms with E-state index < -0.39 is 12.7 Å². The van der Waals surface area contributed by atoms with Crippen LogP contribution >= 0.6 is 19.4 Å². The quantitative estimate of drug-likeness (QED) is 0.288. The molecule has 0 aliphatic carbocycles. The molecule has 2 aromatic carbocycles. The summed E-state index contributed by atoms with van der Waals surface area (Å²) in [4.78, 5) is 12.6. The molecule has 2 aromatic rings. The topological polar surface area (TPSA) is 34.1 Å². The summed E-state index contributed by atoms with van der Waals surface area (Å²) in [5.74, 6) is -0.0766. The minimum atomic E-state index is -1.74. The van der Waals surface area contributed by atoms with Crippen LogP contribution in [0.1, 0.15) is 61.0 Å². The summed E-state index contributed by atoms with van der Waals surface area (Å²) in [7, 11) is -1.74. The fourth-order valence-electron chi connectivity index (χ4n) is 3.06. The molecule has 2 nitrogen and oxygen atoms in total. The number of ketones is 1. The summed E-state index contributed by atoms with van der Waals surface area (Å²) in [5, 5.41) is 0.616.